The summed E-state index contributed by atoms with van der Waals surface area (Å²) in [5, 5.41) is 0. The molecule has 84 valence electrons. The van der Waals surface area contributed by atoms with Crippen LogP contribution in [-0.4, -0.2) is 30.6 Å². The SMILES string of the molecule is COC(=O)C1(N=C=O)CCC(F)(F)CC1. The fraction of sp³-hybridized carbons (Fsp3) is 0.778. The standard InChI is InChI=1S/C9H11F2NO3/c1-15-7(14)8(12-6-13)2-4-9(10,11)5-3-8/h2-5H2,1H3. The van der Waals surface area contributed by atoms with Gasteiger partial charge in [-0.25, -0.2) is 18.4 Å². The summed E-state index contributed by atoms with van der Waals surface area (Å²) < 4.78 is 30.2. The van der Waals surface area contributed by atoms with Crippen LogP contribution in [0.5, 0.6) is 0 Å². The van der Waals surface area contributed by atoms with Crippen molar-refractivity contribution < 1.29 is 23.1 Å². The minimum Gasteiger partial charge on any atom is -0.467 e. The maximum absolute atomic E-state index is 12.9. The smallest absolute Gasteiger partial charge is 0.334 e. The lowest BCUT2D eigenvalue weighted by Gasteiger charge is -2.33. The van der Waals surface area contributed by atoms with Crippen LogP contribution in [0.2, 0.25) is 0 Å². The molecule has 0 aliphatic heterocycles. The Balaban J connectivity index is 2.87. The quantitative estimate of drug-likeness (QED) is 0.401. The van der Waals surface area contributed by atoms with Crippen molar-refractivity contribution in [2.24, 2.45) is 4.99 Å². The van der Waals surface area contributed by atoms with Gasteiger partial charge in [0.15, 0.2) is 5.54 Å². The van der Waals surface area contributed by atoms with Gasteiger partial charge in [-0.1, -0.05) is 0 Å². The predicted octanol–water partition coefficient (Wildman–Crippen LogP) is 1.44. The van der Waals surface area contributed by atoms with Crippen LogP contribution in [0.1, 0.15) is 25.7 Å². The van der Waals surface area contributed by atoms with E-state index in [9.17, 15) is 18.4 Å². The average molecular weight is 219 g/mol. The van der Waals surface area contributed by atoms with Crippen LogP contribution in [0, 0.1) is 0 Å². The highest BCUT2D eigenvalue weighted by Gasteiger charge is 2.49. The Morgan fingerprint density at radius 2 is 1.87 bits per heavy atom. The Kier molecular flexibility index (Phi) is 3.19. The summed E-state index contributed by atoms with van der Waals surface area (Å²) in [5.74, 6) is -3.53. The number of methoxy groups -OCH3 is 1. The van der Waals surface area contributed by atoms with E-state index in [4.69, 9.17) is 0 Å². The summed E-state index contributed by atoms with van der Waals surface area (Å²) in [6.45, 7) is 0. The zero-order valence-electron chi connectivity index (χ0n) is 8.26. The topological polar surface area (TPSA) is 55.7 Å². The third-order valence-corrected chi connectivity index (χ3v) is 2.63. The molecule has 15 heavy (non-hydrogen) atoms. The van der Waals surface area contributed by atoms with Gasteiger partial charge in [-0.15, -0.1) is 0 Å². The van der Waals surface area contributed by atoms with Gasteiger partial charge < -0.3 is 4.74 Å². The van der Waals surface area contributed by atoms with E-state index in [-0.39, 0.29) is 12.8 Å². The van der Waals surface area contributed by atoms with Crippen LogP contribution in [0.15, 0.2) is 4.99 Å². The number of carbonyl (C=O) groups is 1. The number of hydrogen-bond acceptors (Lipinski definition) is 4. The van der Waals surface area contributed by atoms with Gasteiger partial charge in [0.25, 0.3) is 0 Å². The molecule has 0 aromatic carbocycles. The number of alkyl halides is 2. The third kappa shape index (κ3) is 2.39. The lowest BCUT2D eigenvalue weighted by atomic mass is 9.80. The Morgan fingerprint density at radius 3 is 2.27 bits per heavy atom. The molecule has 0 bridgehead atoms. The molecule has 0 aromatic rings. The highest BCUT2D eigenvalue weighted by atomic mass is 19.3. The Bertz CT molecular complexity index is 300. The number of ether oxygens (including phenoxy) is 1. The van der Waals surface area contributed by atoms with Gasteiger partial charge in [-0.2, -0.15) is 4.99 Å². The van der Waals surface area contributed by atoms with E-state index >= 15 is 0 Å². The largest absolute Gasteiger partial charge is 0.467 e. The molecule has 0 unspecified atom stereocenters. The van der Waals surface area contributed by atoms with Gasteiger partial charge in [0.2, 0.25) is 12.0 Å². The number of rotatable bonds is 2. The fourth-order valence-electron chi connectivity index (χ4n) is 1.67. The number of aliphatic imine (C=N–C) groups is 1. The van der Waals surface area contributed by atoms with E-state index in [2.05, 4.69) is 9.73 Å². The molecule has 0 radical (unpaired) electrons. The summed E-state index contributed by atoms with van der Waals surface area (Å²) >= 11 is 0. The predicted molar refractivity (Wildman–Crippen MR) is 46.3 cm³/mol. The summed E-state index contributed by atoms with van der Waals surface area (Å²) in [4.78, 5) is 24.9. The second-order valence-corrected chi connectivity index (χ2v) is 3.58. The molecule has 1 aliphatic carbocycles. The molecule has 0 saturated heterocycles. The van der Waals surface area contributed by atoms with Crippen molar-refractivity contribution in [2.75, 3.05) is 7.11 Å². The van der Waals surface area contributed by atoms with Crippen molar-refractivity contribution in [3.8, 4) is 0 Å². The minimum absolute atomic E-state index is 0.179. The zero-order chi connectivity index (χ0) is 11.5. The molecule has 0 heterocycles. The van der Waals surface area contributed by atoms with Gasteiger partial charge in [-0.3, -0.25) is 0 Å². The first-order valence-electron chi connectivity index (χ1n) is 4.51. The summed E-state index contributed by atoms with van der Waals surface area (Å²) in [5.41, 5.74) is -1.45. The summed E-state index contributed by atoms with van der Waals surface area (Å²) in [6, 6.07) is 0. The number of esters is 1. The van der Waals surface area contributed by atoms with Gasteiger partial charge in [0.05, 0.1) is 7.11 Å². The van der Waals surface area contributed by atoms with Crippen molar-refractivity contribution in [1.29, 1.82) is 0 Å². The number of hydrogen-bond donors (Lipinski definition) is 0. The molecule has 1 fully saturated rings. The Labute approximate surface area is 85.3 Å². The molecule has 0 N–H and O–H groups in total. The molecule has 4 nitrogen and oxygen atoms in total. The van der Waals surface area contributed by atoms with E-state index in [1.54, 1.807) is 0 Å². The third-order valence-electron chi connectivity index (χ3n) is 2.63. The average Bonchev–Trinajstić information content (AvgIpc) is 2.21. The summed E-state index contributed by atoms with van der Waals surface area (Å²) in [7, 11) is 1.14. The van der Waals surface area contributed by atoms with Crippen LogP contribution in [0.4, 0.5) is 8.78 Å². The maximum Gasteiger partial charge on any atom is 0.334 e. The van der Waals surface area contributed by atoms with Crippen molar-refractivity contribution >= 4 is 12.0 Å². The normalized spacial score (nSPS) is 22.6. The lowest BCUT2D eigenvalue weighted by Crippen LogP contribution is -2.44. The molecule has 0 spiro atoms. The van der Waals surface area contributed by atoms with Gasteiger partial charge in [-0.05, 0) is 12.8 Å². The van der Waals surface area contributed by atoms with E-state index in [1.807, 2.05) is 0 Å². The Hall–Kier alpha value is -1.29. The highest BCUT2D eigenvalue weighted by Crippen LogP contribution is 2.40. The number of nitrogens with zero attached hydrogens (tertiary/aromatic N) is 1. The van der Waals surface area contributed by atoms with Gasteiger partial charge in [0.1, 0.15) is 0 Å². The fourth-order valence-corrected chi connectivity index (χ4v) is 1.67. The zero-order valence-corrected chi connectivity index (χ0v) is 8.26. The van der Waals surface area contributed by atoms with Crippen molar-refractivity contribution in [1.82, 2.24) is 0 Å². The van der Waals surface area contributed by atoms with Crippen molar-refractivity contribution in [2.45, 2.75) is 37.1 Å². The molecule has 1 rings (SSSR count). The number of halogens is 2. The van der Waals surface area contributed by atoms with E-state index < -0.39 is 30.3 Å². The molecule has 0 atom stereocenters. The van der Waals surface area contributed by atoms with E-state index in [1.165, 1.54) is 6.08 Å². The minimum atomic E-state index is -2.78. The second kappa shape index (κ2) is 4.06. The molecule has 1 saturated carbocycles. The molecule has 0 aromatic heterocycles. The van der Waals surface area contributed by atoms with Crippen LogP contribution in [-0.2, 0) is 14.3 Å². The molecular weight excluding hydrogens is 208 g/mol. The first-order chi connectivity index (χ1) is 6.96. The number of carbonyl (C=O) groups excluding carboxylic acids is 2. The molecule has 6 heteroatoms. The van der Waals surface area contributed by atoms with Crippen molar-refractivity contribution in [3.63, 3.8) is 0 Å². The number of isocyanates is 1. The van der Waals surface area contributed by atoms with E-state index in [0.717, 1.165) is 7.11 Å². The highest BCUT2D eigenvalue weighted by molar-refractivity contribution is 5.82. The van der Waals surface area contributed by atoms with Crippen LogP contribution in [0.25, 0.3) is 0 Å². The first kappa shape index (κ1) is 11.8. The molecule has 0 amide bonds. The van der Waals surface area contributed by atoms with Crippen LogP contribution in [0.3, 0.4) is 0 Å². The van der Waals surface area contributed by atoms with Gasteiger partial charge >= 0.3 is 5.97 Å². The van der Waals surface area contributed by atoms with Crippen LogP contribution >= 0.6 is 0 Å². The summed E-state index contributed by atoms with van der Waals surface area (Å²) in [6.07, 6.45) is -0.0372. The molecular formula is C9H11F2NO3. The van der Waals surface area contributed by atoms with E-state index in [0.29, 0.717) is 0 Å². The molecule has 1 aliphatic rings. The monoisotopic (exact) mass is 219 g/mol. The van der Waals surface area contributed by atoms with Crippen molar-refractivity contribution in [3.05, 3.63) is 0 Å². The second-order valence-electron chi connectivity index (χ2n) is 3.58. The maximum atomic E-state index is 12.9. The lowest BCUT2D eigenvalue weighted by molar-refractivity contribution is -0.151. The first-order valence-corrected chi connectivity index (χ1v) is 4.51. The Morgan fingerprint density at radius 1 is 1.33 bits per heavy atom. The van der Waals surface area contributed by atoms with Crippen LogP contribution < -0.4 is 0 Å². The van der Waals surface area contributed by atoms with Gasteiger partial charge in [0, 0.05) is 12.8 Å².